The molecule has 2 aromatic rings. The lowest BCUT2D eigenvalue weighted by molar-refractivity contribution is 0.258. The normalized spacial score (nSPS) is 11.8. The largest absolute Gasteiger partial charge is 0.326 e. The summed E-state index contributed by atoms with van der Waals surface area (Å²) >= 11 is 0. The van der Waals surface area contributed by atoms with Gasteiger partial charge in [0, 0.05) is 25.0 Å². The molecule has 0 radical (unpaired) electrons. The first-order valence-corrected chi connectivity index (χ1v) is 6.38. The Labute approximate surface area is 118 Å². The molecule has 20 heavy (non-hydrogen) atoms. The van der Waals surface area contributed by atoms with Gasteiger partial charge in [-0.05, 0) is 36.8 Å². The number of rotatable bonds is 3. The zero-order valence-electron chi connectivity index (χ0n) is 11.6. The third-order valence-corrected chi connectivity index (χ3v) is 3.00. The lowest BCUT2D eigenvalue weighted by Gasteiger charge is -2.18. The van der Waals surface area contributed by atoms with Gasteiger partial charge < -0.3 is 11.1 Å². The standard InChI is InChI=1S/C15H18N4O/c1-11(16)12-5-3-6-13(9-12)18-15(20)19(2)14-7-4-8-17-10-14/h3-11H,16H2,1-2H3,(H,18,20). The molecule has 3 N–H and O–H groups in total. The molecule has 1 aromatic carbocycles. The molecule has 0 bridgehead atoms. The van der Waals surface area contributed by atoms with E-state index in [4.69, 9.17) is 5.73 Å². The average Bonchev–Trinajstić information content (AvgIpc) is 2.47. The number of nitrogens with one attached hydrogen (secondary N) is 1. The van der Waals surface area contributed by atoms with Crippen LogP contribution in [-0.2, 0) is 0 Å². The van der Waals surface area contributed by atoms with Gasteiger partial charge in [-0.3, -0.25) is 9.88 Å². The quantitative estimate of drug-likeness (QED) is 0.900. The van der Waals surface area contributed by atoms with E-state index in [1.165, 1.54) is 4.90 Å². The van der Waals surface area contributed by atoms with Gasteiger partial charge in [0.05, 0.1) is 11.9 Å². The highest BCUT2D eigenvalue weighted by molar-refractivity contribution is 6.01. The van der Waals surface area contributed by atoms with Gasteiger partial charge in [0.2, 0.25) is 0 Å². The highest BCUT2D eigenvalue weighted by atomic mass is 16.2. The number of hydrogen-bond donors (Lipinski definition) is 2. The van der Waals surface area contributed by atoms with Crippen LogP contribution in [-0.4, -0.2) is 18.1 Å². The molecule has 0 aliphatic heterocycles. The van der Waals surface area contributed by atoms with E-state index >= 15 is 0 Å². The fourth-order valence-corrected chi connectivity index (χ4v) is 1.78. The number of hydrogen-bond acceptors (Lipinski definition) is 3. The van der Waals surface area contributed by atoms with Crippen LogP contribution >= 0.6 is 0 Å². The van der Waals surface area contributed by atoms with Crippen molar-refractivity contribution in [2.75, 3.05) is 17.3 Å². The molecule has 0 saturated carbocycles. The number of carbonyl (C=O) groups excluding carboxylic acids is 1. The van der Waals surface area contributed by atoms with E-state index in [2.05, 4.69) is 10.3 Å². The Morgan fingerprint density at radius 2 is 2.15 bits per heavy atom. The molecule has 1 heterocycles. The van der Waals surface area contributed by atoms with Crippen LogP contribution in [0.5, 0.6) is 0 Å². The van der Waals surface area contributed by atoms with Crippen LogP contribution in [0.1, 0.15) is 18.5 Å². The van der Waals surface area contributed by atoms with Crippen LogP contribution in [0, 0.1) is 0 Å². The Bertz CT molecular complexity index is 583. The molecule has 5 nitrogen and oxygen atoms in total. The molecular weight excluding hydrogens is 252 g/mol. The highest BCUT2D eigenvalue weighted by Crippen LogP contribution is 2.17. The molecule has 0 saturated heterocycles. The van der Waals surface area contributed by atoms with Crippen molar-refractivity contribution in [1.82, 2.24) is 4.98 Å². The third kappa shape index (κ3) is 3.33. The van der Waals surface area contributed by atoms with Gasteiger partial charge in [0.1, 0.15) is 0 Å². The van der Waals surface area contributed by atoms with Gasteiger partial charge in [-0.15, -0.1) is 0 Å². The van der Waals surface area contributed by atoms with Crippen LogP contribution in [0.4, 0.5) is 16.2 Å². The predicted octanol–water partition coefficient (Wildman–Crippen LogP) is 2.77. The summed E-state index contributed by atoms with van der Waals surface area (Å²) in [7, 11) is 1.70. The lowest BCUT2D eigenvalue weighted by atomic mass is 10.1. The number of carbonyl (C=O) groups is 1. The van der Waals surface area contributed by atoms with E-state index in [1.807, 2.05) is 37.3 Å². The van der Waals surface area contributed by atoms with Gasteiger partial charge in [-0.25, -0.2) is 4.79 Å². The number of nitrogens with two attached hydrogens (primary N) is 1. The van der Waals surface area contributed by atoms with E-state index in [0.717, 1.165) is 16.9 Å². The summed E-state index contributed by atoms with van der Waals surface area (Å²) in [5.41, 5.74) is 8.26. The van der Waals surface area contributed by atoms with Crippen LogP contribution in [0.2, 0.25) is 0 Å². The van der Waals surface area contributed by atoms with Crippen molar-refractivity contribution in [3.05, 3.63) is 54.4 Å². The minimum absolute atomic E-state index is 0.0668. The van der Waals surface area contributed by atoms with Crippen LogP contribution in [0.3, 0.4) is 0 Å². The molecule has 1 atom stereocenters. The topological polar surface area (TPSA) is 71.2 Å². The summed E-state index contributed by atoms with van der Waals surface area (Å²) < 4.78 is 0. The van der Waals surface area contributed by atoms with Crippen LogP contribution in [0.25, 0.3) is 0 Å². The first kappa shape index (κ1) is 14.0. The van der Waals surface area contributed by atoms with Crippen molar-refractivity contribution in [3.63, 3.8) is 0 Å². The molecule has 1 aromatic heterocycles. The smallest absolute Gasteiger partial charge is 0.324 e. The summed E-state index contributed by atoms with van der Waals surface area (Å²) in [5, 5.41) is 2.84. The Morgan fingerprint density at radius 3 is 2.80 bits per heavy atom. The molecule has 0 spiro atoms. The fourth-order valence-electron chi connectivity index (χ4n) is 1.78. The lowest BCUT2D eigenvalue weighted by Crippen LogP contribution is -2.31. The van der Waals surface area contributed by atoms with E-state index in [9.17, 15) is 4.79 Å². The predicted molar refractivity (Wildman–Crippen MR) is 80.7 cm³/mol. The van der Waals surface area contributed by atoms with Gasteiger partial charge in [0.15, 0.2) is 0 Å². The summed E-state index contributed by atoms with van der Waals surface area (Å²) in [5.74, 6) is 0. The second kappa shape index (κ2) is 6.16. The highest BCUT2D eigenvalue weighted by Gasteiger charge is 2.11. The number of pyridine rings is 1. The molecule has 0 aliphatic carbocycles. The number of benzene rings is 1. The Morgan fingerprint density at radius 1 is 1.35 bits per heavy atom. The first-order valence-electron chi connectivity index (χ1n) is 6.38. The van der Waals surface area contributed by atoms with Crippen molar-refractivity contribution in [2.24, 2.45) is 5.73 Å². The van der Waals surface area contributed by atoms with Crippen molar-refractivity contribution >= 4 is 17.4 Å². The maximum Gasteiger partial charge on any atom is 0.326 e. The van der Waals surface area contributed by atoms with E-state index in [0.29, 0.717) is 0 Å². The maximum atomic E-state index is 12.1. The van der Waals surface area contributed by atoms with E-state index < -0.39 is 0 Å². The summed E-state index contributed by atoms with van der Waals surface area (Å²) in [6, 6.07) is 10.8. The molecule has 2 rings (SSSR count). The van der Waals surface area contributed by atoms with E-state index in [-0.39, 0.29) is 12.1 Å². The summed E-state index contributed by atoms with van der Waals surface area (Å²) in [6.07, 6.45) is 3.30. The molecule has 0 fully saturated rings. The second-order valence-corrected chi connectivity index (χ2v) is 4.61. The molecule has 2 amide bonds. The molecule has 104 valence electrons. The van der Waals surface area contributed by atoms with E-state index in [1.54, 1.807) is 25.5 Å². The first-order chi connectivity index (χ1) is 9.58. The number of amides is 2. The molecule has 5 heteroatoms. The Hall–Kier alpha value is -2.40. The Balaban J connectivity index is 2.10. The van der Waals surface area contributed by atoms with Crippen LogP contribution < -0.4 is 16.0 Å². The van der Waals surface area contributed by atoms with Crippen molar-refractivity contribution in [2.45, 2.75) is 13.0 Å². The zero-order valence-corrected chi connectivity index (χ0v) is 11.6. The zero-order chi connectivity index (χ0) is 14.5. The van der Waals surface area contributed by atoms with Gasteiger partial charge in [-0.2, -0.15) is 0 Å². The van der Waals surface area contributed by atoms with Gasteiger partial charge >= 0.3 is 6.03 Å². The minimum atomic E-state index is -0.222. The minimum Gasteiger partial charge on any atom is -0.324 e. The Kier molecular flexibility index (Phi) is 4.32. The third-order valence-electron chi connectivity index (χ3n) is 3.00. The van der Waals surface area contributed by atoms with Crippen molar-refractivity contribution < 1.29 is 4.79 Å². The van der Waals surface area contributed by atoms with Gasteiger partial charge in [-0.1, -0.05) is 12.1 Å². The SMILES string of the molecule is CC(N)c1cccc(NC(=O)N(C)c2cccnc2)c1. The molecular formula is C15H18N4O. The van der Waals surface area contributed by atoms with Crippen molar-refractivity contribution in [1.29, 1.82) is 0 Å². The maximum absolute atomic E-state index is 12.1. The molecule has 1 unspecified atom stereocenters. The number of anilines is 2. The second-order valence-electron chi connectivity index (χ2n) is 4.61. The van der Waals surface area contributed by atoms with Crippen LogP contribution in [0.15, 0.2) is 48.8 Å². The summed E-state index contributed by atoms with van der Waals surface area (Å²) in [6.45, 7) is 1.91. The van der Waals surface area contributed by atoms with Crippen molar-refractivity contribution in [3.8, 4) is 0 Å². The number of aromatic nitrogens is 1. The number of urea groups is 1. The molecule has 0 aliphatic rings. The number of nitrogens with zero attached hydrogens (tertiary/aromatic N) is 2. The summed E-state index contributed by atoms with van der Waals surface area (Å²) in [4.78, 5) is 17.6. The average molecular weight is 270 g/mol. The fraction of sp³-hybridized carbons (Fsp3) is 0.200. The monoisotopic (exact) mass is 270 g/mol. The van der Waals surface area contributed by atoms with Gasteiger partial charge in [0.25, 0.3) is 0 Å².